The Kier molecular flexibility index (Phi) is 6.41. The molecule has 0 aliphatic carbocycles. The lowest BCUT2D eigenvalue weighted by atomic mass is 10.0. The van der Waals surface area contributed by atoms with Crippen LogP contribution in [0.1, 0.15) is 36.8 Å². The van der Waals surface area contributed by atoms with Crippen molar-refractivity contribution in [3.63, 3.8) is 0 Å². The summed E-state index contributed by atoms with van der Waals surface area (Å²) < 4.78 is 0. The molecule has 3 aromatic carbocycles. The van der Waals surface area contributed by atoms with Gasteiger partial charge in [-0.25, -0.2) is 4.98 Å². The van der Waals surface area contributed by atoms with E-state index in [2.05, 4.69) is 37.6 Å². The molecule has 1 amide bonds. The Morgan fingerprint density at radius 3 is 2.68 bits per heavy atom. The van der Waals surface area contributed by atoms with Crippen molar-refractivity contribution >= 4 is 45.9 Å². The van der Waals surface area contributed by atoms with E-state index in [1.807, 2.05) is 61.5 Å². The predicted molar refractivity (Wildman–Crippen MR) is 139 cm³/mol. The first-order chi connectivity index (χ1) is 16.6. The summed E-state index contributed by atoms with van der Waals surface area (Å²) >= 11 is 6.45. The number of hydrogen-bond acceptors (Lipinski definition) is 4. The predicted octanol–water partition coefficient (Wildman–Crippen LogP) is 5.98. The number of halogens is 1. The maximum absolute atomic E-state index is 12.6. The van der Waals surface area contributed by atoms with Crippen molar-refractivity contribution in [2.24, 2.45) is 0 Å². The van der Waals surface area contributed by atoms with Crippen LogP contribution >= 0.6 is 11.6 Å². The van der Waals surface area contributed by atoms with Gasteiger partial charge in [0, 0.05) is 25.3 Å². The van der Waals surface area contributed by atoms with Crippen molar-refractivity contribution in [1.82, 2.24) is 15.3 Å². The number of aromatic nitrogens is 2. The molecule has 0 bridgehead atoms. The lowest BCUT2D eigenvalue weighted by Crippen LogP contribution is -2.27. The first-order valence-corrected chi connectivity index (χ1v) is 12.1. The number of benzene rings is 3. The number of nitrogens with zero attached hydrogens (tertiary/aromatic N) is 2. The van der Waals surface area contributed by atoms with Crippen LogP contribution in [0.3, 0.4) is 0 Å². The largest absolute Gasteiger partial charge is 0.371 e. The normalized spacial score (nSPS) is 14.4. The summed E-state index contributed by atoms with van der Waals surface area (Å²) in [7, 11) is 0. The zero-order valence-corrected chi connectivity index (χ0v) is 19.9. The van der Waals surface area contributed by atoms with Gasteiger partial charge in [0.2, 0.25) is 11.9 Å². The van der Waals surface area contributed by atoms with Crippen LogP contribution < -0.4 is 15.5 Å². The van der Waals surface area contributed by atoms with Crippen molar-refractivity contribution in [3.8, 4) is 0 Å². The number of imidazole rings is 1. The molecular formula is C27H28ClN5O. The van der Waals surface area contributed by atoms with Gasteiger partial charge < -0.3 is 20.5 Å². The van der Waals surface area contributed by atoms with Crippen LogP contribution in [0.25, 0.3) is 11.0 Å². The Morgan fingerprint density at radius 2 is 1.88 bits per heavy atom. The van der Waals surface area contributed by atoms with Gasteiger partial charge in [-0.15, -0.1) is 0 Å². The van der Waals surface area contributed by atoms with Crippen LogP contribution in [0.5, 0.6) is 0 Å². The molecule has 3 N–H and O–H groups in total. The number of aromatic amines is 1. The third-order valence-electron chi connectivity index (χ3n) is 6.38. The molecule has 2 heterocycles. The minimum absolute atomic E-state index is 0.0123. The van der Waals surface area contributed by atoms with E-state index >= 15 is 0 Å². The van der Waals surface area contributed by atoms with Gasteiger partial charge in [-0.3, -0.25) is 4.79 Å². The fourth-order valence-electron chi connectivity index (χ4n) is 4.37. The number of anilines is 3. The summed E-state index contributed by atoms with van der Waals surface area (Å²) in [6.45, 7) is 4.54. The monoisotopic (exact) mass is 473 g/mol. The third kappa shape index (κ3) is 4.87. The van der Waals surface area contributed by atoms with Crippen molar-refractivity contribution in [1.29, 1.82) is 0 Å². The van der Waals surface area contributed by atoms with Crippen LogP contribution in [-0.4, -0.2) is 29.0 Å². The number of nitrogens with one attached hydrogen (secondary N) is 3. The van der Waals surface area contributed by atoms with Crippen LogP contribution in [-0.2, 0) is 11.3 Å². The van der Waals surface area contributed by atoms with E-state index in [1.165, 1.54) is 18.5 Å². The van der Waals surface area contributed by atoms with Crippen molar-refractivity contribution in [3.05, 3.63) is 82.9 Å². The number of amides is 1. The number of carbonyl (C=O) groups is 1. The summed E-state index contributed by atoms with van der Waals surface area (Å²) in [6.07, 6.45) is 2.49. The van der Waals surface area contributed by atoms with Gasteiger partial charge in [-0.05, 0) is 61.2 Å². The highest BCUT2D eigenvalue weighted by Gasteiger charge is 2.16. The molecule has 4 aromatic rings. The highest BCUT2D eigenvalue weighted by molar-refractivity contribution is 6.33. The minimum atomic E-state index is -0.216. The summed E-state index contributed by atoms with van der Waals surface area (Å²) in [4.78, 5) is 23.0. The minimum Gasteiger partial charge on any atom is -0.371 e. The molecule has 0 saturated carbocycles. The second-order valence-corrected chi connectivity index (χ2v) is 9.18. The number of fused-ring (bicyclic) bond motifs is 1. The van der Waals surface area contributed by atoms with E-state index in [-0.39, 0.29) is 11.8 Å². The Balaban J connectivity index is 1.27. The van der Waals surface area contributed by atoms with Crippen LogP contribution in [0.2, 0.25) is 5.02 Å². The van der Waals surface area contributed by atoms with Gasteiger partial charge in [0.1, 0.15) is 0 Å². The molecule has 0 spiro atoms. The van der Waals surface area contributed by atoms with Crippen molar-refractivity contribution in [2.75, 3.05) is 23.3 Å². The smallest absolute Gasteiger partial charge is 0.227 e. The van der Waals surface area contributed by atoms with Crippen LogP contribution in [0.4, 0.5) is 17.3 Å². The molecule has 1 atom stereocenters. The molecule has 1 unspecified atom stereocenters. The van der Waals surface area contributed by atoms with Gasteiger partial charge in [-0.1, -0.05) is 48.0 Å². The van der Waals surface area contributed by atoms with Gasteiger partial charge >= 0.3 is 0 Å². The SMILES string of the molecule is CC(C(=O)NCc1ccc(Cl)c(Nc2nc3ccc(N4CCCC4)cc3[nH]2)c1)c1ccccc1. The Morgan fingerprint density at radius 1 is 1.09 bits per heavy atom. The van der Waals surface area contributed by atoms with Gasteiger partial charge in [0.15, 0.2) is 0 Å². The van der Waals surface area contributed by atoms with E-state index in [0.29, 0.717) is 17.5 Å². The fourth-order valence-corrected chi connectivity index (χ4v) is 4.53. The Bertz CT molecular complexity index is 1300. The van der Waals surface area contributed by atoms with Gasteiger partial charge in [0.25, 0.3) is 0 Å². The lowest BCUT2D eigenvalue weighted by Gasteiger charge is -2.17. The summed E-state index contributed by atoms with van der Waals surface area (Å²) in [5, 5.41) is 6.92. The third-order valence-corrected chi connectivity index (χ3v) is 6.71. The maximum Gasteiger partial charge on any atom is 0.227 e. The molecule has 7 heteroatoms. The molecule has 1 fully saturated rings. The topological polar surface area (TPSA) is 73.1 Å². The van der Waals surface area contributed by atoms with Crippen LogP contribution in [0, 0.1) is 0 Å². The molecule has 1 aliphatic heterocycles. The van der Waals surface area contributed by atoms with Crippen molar-refractivity contribution < 1.29 is 4.79 Å². The van der Waals surface area contributed by atoms with E-state index in [9.17, 15) is 4.79 Å². The molecule has 34 heavy (non-hydrogen) atoms. The molecule has 1 aliphatic rings. The number of carbonyl (C=O) groups excluding carboxylic acids is 1. The molecule has 1 aromatic heterocycles. The Hall–Kier alpha value is -3.51. The highest BCUT2D eigenvalue weighted by Crippen LogP contribution is 2.29. The standard InChI is InChI=1S/C27H28ClN5O/c1-18(20-7-3-2-4-8-20)26(34)29-17-19-9-11-22(28)24(15-19)31-27-30-23-12-10-21(16-25(23)32-27)33-13-5-6-14-33/h2-4,7-12,15-16,18H,5-6,13-14,17H2,1H3,(H,29,34)(H2,30,31,32). The Labute approximate surface area is 204 Å². The molecule has 174 valence electrons. The summed E-state index contributed by atoms with van der Waals surface area (Å²) in [5.74, 6) is 0.406. The molecule has 0 radical (unpaired) electrons. The zero-order valence-electron chi connectivity index (χ0n) is 19.1. The number of hydrogen-bond donors (Lipinski definition) is 3. The maximum atomic E-state index is 12.6. The summed E-state index contributed by atoms with van der Waals surface area (Å²) in [5.41, 5.74) is 5.80. The van der Waals surface area contributed by atoms with E-state index in [1.54, 1.807) is 0 Å². The first kappa shape index (κ1) is 22.3. The second-order valence-electron chi connectivity index (χ2n) is 8.77. The van der Waals surface area contributed by atoms with Crippen LogP contribution in [0.15, 0.2) is 66.7 Å². The lowest BCUT2D eigenvalue weighted by molar-refractivity contribution is -0.122. The molecule has 5 rings (SSSR count). The van der Waals surface area contributed by atoms with Crippen molar-refractivity contribution in [2.45, 2.75) is 32.2 Å². The van der Waals surface area contributed by atoms with Gasteiger partial charge in [-0.2, -0.15) is 0 Å². The number of H-pyrrole nitrogens is 1. The molecule has 1 saturated heterocycles. The highest BCUT2D eigenvalue weighted by atomic mass is 35.5. The second kappa shape index (κ2) is 9.77. The summed E-state index contributed by atoms with van der Waals surface area (Å²) in [6, 6.07) is 21.8. The van der Waals surface area contributed by atoms with E-state index in [4.69, 9.17) is 11.6 Å². The van der Waals surface area contributed by atoms with E-state index in [0.717, 1.165) is 40.9 Å². The van der Waals surface area contributed by atoms with Gasteiger partial charge in [0.05, 0.1) is 27.7 Å². The zero-order chi connectivity index (χ0) is 23.5. The quantitative estimate of drug-likeness (QED) is 0.308. The fraction of sp³-hybridized carbons (Fsp3) is 0.259. The average molecular weight is 474 g/mol. The van der Waals surface area contributed by atoms with E-state index < -0.39 is 0 Å². The number of rotatable bonds is 7. The first-order valence-electron chi connectivity index (χ1n) is 11.7. The molecular weight excluding hydrogens is 446 g/mol. The average Bonchev–Trinajstić information content (AvgIpc) is 3.53. The molecule has 6 nitrogen and oxygen atoms in total.